The number of hydrogen-bond acceptors (Lipinski definition) is 2. The van der Waals surface area contributed by atoms with Crippen molar-refractivity contribution >= 4 is 57.2 Å². The Balaban J connectivity index is 1.40. The summed E-state index contributed by atoms with van der Waals surface area (Å²) in [6, 6.07) is 77.9. The van der Waals surface area contributed by atoms with Gasteiger partial charge in [0.1, 0.15) is 0 Å². The number of rotatable bonds is 6. The van der Waals surface area contributed by atoms with Gasteiger partial charge in [0.05, 0.1) is 5.41 Å². The summed E-state index contributed by atoms with van der Waals surface area (Å²) in [5.41, 5.74) is 15.3. The lowest BCUT2D eigenvalue weighted by atomic mass is 9.33. The molecule has 0 unspecified atom stereocenters. The summed E-state index contributed by atoms with van der Waals surface area (Å²) in [7, 11) is 0. The molecule has 52 heavy (non-hydrogen) atoms. The zero-order chi connectivity index (χ0) is 34.5. The van der Waals surface area contributed by atoms with Crippen LogP contribution in [0, 0.1) is 0 Å². The monoisotopic (exact) mass is 662 g/mol. The Morgan fingerprint density at radius 1 is 0.308 bits per heavy atom. The second-order valence-electron chi connectivity index (χ2n) is 13.7. The number of fused-ring (bicyclic) bond motifs is 4. The molecule has 3 heteroatoms. The Labute approximate surface area is 306 Å². The van der Waals surface area contributed by atoms with Crippen molar-refractivity contribution in [3.8, 4) is 0 Å². The van der Waals surface area contributed by atoms with Gasteiger partial charge in [-0.3, -0.25) is 0 Å². The quantitative estimate of drug-likeness (QED) is 0.129. The van der Waals surface area contributed by atoms with Crippen LogP contribution in [0.3, 0.4) is 0 Å². The molecule has 2 aliphatic heterocycles. The summed E-state index contributed by atoms with van der Waals surface area (Å²) < 4.78 is 0. The normalized spacial score (nSPS) is 12.9. The SMILES string of the molecule is c1ccc(N2c3ccccc3B3c4ccccc4N(c4ccccc4)c4cc(C(c5ccccc5)(c5ccccc5)c5ccccc5)cc2c43)cc1. The molecule has 0 saturated carbocycles. The van der Waals surface area contributed by atoms with E-state index in [-0.39, 0.29) is 6.71 Å². The van der Waals surface area contributed by atoms with Crippen molar-refractivity contribution in [3.63, 3.8) is 0 Å². The number of hydrogen-bond donors (Lipinski definition) is 0. The molecule has 0 N–H and O–H groups in total. The molecular formula is C49H35BN2. The summed E-state index contributed by atoms with van der Waals surface area (Å²) in [6.07, 6.45) is 0. The molecule has 0 radical (unpaired) electrons. The lowest BCUT2D eigenvalue weighted by molar-refractivity contribution is 0.745. The van der Waals surface area contributed by atoms with Gasteiger partial charge < -0.3 is 9.80 Å². The van der Waals surface area contributed by atoms with Gasteiger partial charge in [0, 0.05) is 34.1 Å². The van der Waals surface area contributed by atoms with E-state index >= 15 is 0 Å². The summed E-state index contributed by atoms with van der Waals surface area (Å²) in [6.45, 7) is 0.0611. The fraction of sp³-hybridized carbons (Fsp3) is 0.0204. The van der Waals surface area contributed by atoms with Gasteiger partial charge >= 0.3 is 0 Å². The van der Waals surface area contributed by atoms with Crippen LogP contribution in [0.4, 0.5) is 34.1 Å². The fourth-order valence-corrected chi connectivity index (χ4v) is 8.89. The average Bonchev–Trinajstić information content (AvgIpc) is 3.23. The van der Waals surface area contributed by atoms with Crippen LogP contribution in [0.5, 0.6) is 0 Å². The highest BCUT2D eigenvalue weighted by Gasteiger charge is 2.46. The van der Waals surface area contributed by atoms with Crippen molar-refractivity contribution in [2.75, 3.05) is 9.80 Å². The minimum Gasteiger partial charge on any atom is -0.311 e. The van der Waals surface area contributed by atoms with E-state index in [9.17, 15) is 0 Å². The molecule has 0 saturated heterocycles. The highest BCUT2D eigenvalue weighted by Crippen LogP contribution is 2.50. The predicted octanol–water partition coefficient (Wildman–Crippen LogP) is 10.2. The van der Waals surface area contributed by atoms with Gasteiger partial charge in [-0.05, 0) is 87.2 Å². The van der Waals surface area contributed by atoms with E-state index in [2.05, 4.69) is 222 Å². The van der Waals surface area contributed by atoms with Gasteiger partial charge in [-0.15, -0.1) is 0 Å². The van der Waals surface area contributed by atoms with Gasteiger partial charge in [0.25, 0.3) is 6.71 Å². The predicted molar refractivity (Wildman–Crippen MR) is 219 cm³/mol. The van der Waals surface area contributed by atoms with Gasteiger partial charge in [0.15, 0.2) is 0 Å². The minimum atomic E-state index is -0.622. The molecule has 2 heterocycles. The maximum atomic E-state index is 2.50. The molecular weight excluding hydrogens is 627 g/mol. The van der Waals surface area contributed by atoms with Crippen LogP contribution in [0.25, 0.3) is 0 Å². The van der Waals surface area contributed by atoms with E-state index in [0.717, 1.165) is 11.4 Å². The first-order chi connectivity index (χ1) is 25.8. The van der Waals surface area contributed by atoms with Gasteiger partial charge in [0.2, 0.25) is 0 Å². The van der Waals surface area contributed by atoms with Gasteiger partial charge in [-0.2, -0.15) is 0 Å². The number of anilines is 6. The highest BCUT2D eigenvalue weighted by atomic mass is 15.2. The molecule has 10 rings (SSSR count). The lowest BCUT2D eigenvalue weighted by Crippen LogP contribution is -2.61. The van der Waals surface area contributed by atoms with Crippen LogP contribution in [-0.4, -0.2) is 6.71 Å². The smallest absolute Gasteiger partial charge is 0.252 e. The van der Waals surface area contributed by atoms with Crippen molar-refractivity contribution in [3.05, 3.63) is 235 Å². The fourth-order valence-electron chi connectivity index (χ4n) is 8.89. The molecule has 0 amide bonds. The third-order valence-corrected chi connectivity index (χ3v) is 11.0. The summed E-state index contributed by atoms with van der Waals surface area (Å²) in [5.74, 6) is 0. The zero-order valence-electron chi connectivity index (χ0n) is 28.7. The first-order valence-electron chi connectivity index (χ1n) is 18.1. The number of nitrogens with zero attached hydrogens (tertiary/aromatic N) is 2. The van der Waals surface area contributed by atoms with Crippen molar-refractivity contribution in [1.29, 1.82) is 0 Å². The Hall–Kier alpha value is -6.58. The summed E-state index contributed by atoms with van der Waals surface area (Å²) in [4.78, 5) is 4.99. The lowest BCUT2D eigenvalue weighted by Gasteiger charge is -2.46. The Kier molecular flexibility index (Phi) is 7.18. The highest BCUT2D eigenvalue weighted by molar-refractivity contribution is 7.00. The number of para-hydroxylation sites is 4. The average molecular weight is 663 g/mol. The van der Waals surface area contributed by atoms with E-state index in [0.29, 0.717) is 0 Å². The molecule has 0 aromatic heterocycles. The van der Waals surface area contributed by atoms with Crippen LogP contribution in [0.2, 0.25) is 0 Å². The Morgan fingerprint density at radius 2 is 0.635 bits per heavy atom. The molecule has 0 fully saturated rings. The van der Waals surface area contributed by atoms with Crippen molar-refractivity contribution < 1.29 is 0 Å². The molecule has 8 aromatic carbocycles. The van der Waals surface area contributed by atoms with Crippen molar-refractivity contribution in [1.82, 2.24) is 0 Å². The van der Waals surface area contributed by atoms with Crippen molar-refractivity contribution in [2.45, 2.75) is 5.41 Å². The summed E-state index contributed by atoms with van der Waals surface area (Å²) >= 11 is 0. The second-order valence-corrected chi connectivity index (χ2v) is 13.7. The largest absolute Gasteiger partial charge is 0.311 e. The first-order valence-corrected chi connectivity index (χ1v) is 18.1. The van der Waals surface area contributed by atoms with Gasteiger partial charge in [-0.25, -0.2) is 0 Å². The topological polar surface area (TPSA) is 6.48 Å². The van der Waals surface area contributed by atoms with Crippen LogP contribution in [-0.2, 0) is 5.41 Å². The molecule has 0 atom stereocenters. The third-order valence-electron chi connectivity index (χ3n) is 11.0. The van der Waals surface area contributed by atoms with Gasteiger partial charge in [-0.1, -0.05) is 164 Å². The Bertz CT molecular complexity index is 2310. The van der Waals surface area contributed by atoms with Crippen molar-refractivity contribution in [2.24, 2.45) is 0 Å². The minimum absolute atomic E-state index is 0.0611. The first kappa shape index (κ1) is 30.3. The van der Waals surface area contributed by atoms with Crippen LogP contribution in [0.1, 0.15) is 22.3 Å². The third kappa shape index (κ3) is 4.53. The maximum absolute atomic E-state index is 2.50. The Morgan fingerprint density at radius 3 is 1.02 bits per heavy atom. The van der Waals surface area contributed by atoms with E-state index in [1.807, 2.05) is 0 Å². The van der Waals surface area contributed by atoms with E-state index < -0.39 is 5.41 Å². The van der Waals surface area contributed by atoms with Crippen LogP contribution >= 0.6 is 0 Å². The number of benzene rings is 8. The molecule has 244 valence electrons. The van der Waals surface area contributed by atoms with E-state index in [4.69, 9.17) is 0 Å². The zero-order valence-corrected chi connectivity index (χ0v) is 28.7. The van der Waals surface area contributed by atoms with Crippen LogP contribution in [0.15, 0.2) is 212 Å². The molecule has 2 nitrogen and oxygen atoms in total. The molecule has 0 aliphatic carbocycles. The second kappa shape index (κ2) is 12.3. The molecule has 2 aliphatic rings. The standard InChI is InChI=1S/C49H35BN2/c1-6-20-36(21-7-1)49(37-22-8-2-9-23-37,38-24-10-3-11-25-38)39-34-46-48-47(35-39)52(41-28-14-5-15-29-41)45-33-19-17-31-43(45)50(48)42-30-16-18-32-44(42)51(46)40-26-12-4-13-27-40/h1-35H. The van der Waals surface area contributed by atoms with E-state index in [1.165, 1.54) is 61.4 Å². The molecule has 0 spiro atoms. The van der Waals surface area contributed by atoms with Crippen LogP contribution < -0.4 is 26.2 Å². The van der Waals surface area contributed by atoms with E-state index in [1.54, 1.807) is 0 Å². The summed E-state index contributed by atoms with van der Waals surface area (Å²) in [5, 5.41) is 0. The molecule has 0 bridgehead atoms. The molecule has 8 aromatic rings. The maximum Gasteiger partial charge on any atom is 0.252 e.